The topological polar surface area (TPSA) is 56.9 Å². The number of aromatic carboxylic acids is 1. The van der Waals surface area contributed by atoms with Gasteiger partial charge in [0.15, 0.2) is 0 Å². The van der Waals surface area contributed by atoms with Crippen LogP contribution in [0.25, 0.3) is 0 Å². The third-order valence-electron chi connectivity index (χ3n) is 3.56. The van der Waals surface area contributed by atoms with Crippen LogP contribution in [0.15, 0.2) is 16.5 Å². The number of hydrogen-bond acceptors (Lipinski definition) is 4. The molecule has 18 heavy (non-hydrogen) atoms. The first-order chi connectivity index (χ1) is 8.47. The fourth-order valence-electron chi connectivity index (χ4n) is 2.65. The van der Waals surface area contributed by atoms with Crippen LogP contribution >= 0.6 is 0 Å². The molecule has 0 aliphatic carbocycles. The molecular weight excluding hydrogens is 232 g/mol. The maximum atomic E-state index is 10.7. The minimum Gasteiger partial charge on any atom is -0.475 e. The van der Waals surface area contributed by atoms with E-state index >= 15 is 0 Å². The predicted molar refractivity (Wildman–Crippen MR) is 67.6 cm³/mol. The van der Waals surface area contributed by atoms with Crippen LogP contribution in [0.5, 0.6) is 0 Å². The van der Waals surface area contributed by atoms with Gasteiger partial charge >= 0.3 is 5.97 Å². The van der Waals surface area contributed by atoms with Gasteiger partial charge in [-0.15, -0.1) is 0 Å². The van der Waals surface area contributed by atoms with Crippen molar-refractivity contribution in [2.75, 3.05) is 27.2 Å². The molecule has 5 heteroatoms. The molecule has 0 spiro atoms. The molecule has 1 fully saturated rings. The van der Waals surface area contributed by atoms with Gasteiger partial charge in [0.05, 0.1) is 6.54 Å². The molecule has 0 bridgehead atoms. The van der Waals surface area contributed by atoms with E-state index in [1.54, 1.807) is 6.07 Å². The Labute approximate surface area is 107 Å². The van der Waals surface area contributed by atoms with Crippen LogP contribution in [0.2, 0.25) is 0 Å². The Kier molecular flexibility index (Phi) is 3.73. The maximum Gasteiger partial charge on any atom is 0.371 e. The van der Waals surface area contributed by atoms with Crippen LogP contribution in [0.4, 0.5) is 0 Å². The average Bonchev–Trinajstić information content (AvgIpc) is 2.86. The second-order valence-corrected chi connectivity index (χ2v) is 5.27. The Morgan fingerprint density at radius 3 is 2.72 bits per heavy atom. The zero-order valence-corrected chi connectivity index (χ0v) is 11.1. The Balaban J connectivity index is 1.96. The molecule has 1 saturated heterocycles. The molecule has 100 valence electrons. The lowest BCUT2D eigenvalue weighted by Gasteiger charge is -2.22. The molecule has 1 aliphatic rings. The van der Waals surface area contributed by atoms with Crippen molar-refractivity contribution in [1.82, 2.24) is 9.80 Å². The highest BCUT2D eigenvalue weighted by Crippen LogP contribution is 2.22. The lowest BCUT2D eigenvalue weighted by molar-refractivity contribution is 0.0658. The third-order valence-corrected chi connectivity index (χ3v) is 3.56. The first kappa shape index (κ1) is 13.1. The van der Waals surface area contributed by atoms with Crippen molar-refractivity contribution in [2.24, 2.45) is 5.92 Å². The molecule has 2 atom stereocenters. The summed E-state index contributed by atoms with van der Waals surface area (Å²) in [4.78, 5) is 15.3. The van der Waals surface area contributed by atoms with Gasteiger partial charge in [-0.2, -0.15) is 0 Å². The molecule has 5 nitrogen and oxygen atoms in total. The van der Waals surface area contributed by atoms with Gasteiger partial charge < -0.3 is 14.4 Å². The van der Waals surface area contributed by atoms with Crippen LogP contribution in [0.3, 0.4) is 0 Å². The highest BCUT2D eigenvalue weighted by atomic mass is 16.4. The number of nitrogens with zero attached hydrogens (tertiary/aromatic N) is 2. The standard InChI is InChI=1S/C13H20N2O3/c1-9-6-15(8-11(9)14(2)3)7-10-4-5-12(18-10)13(16)17/h4-5,9,11H,6-8H2,1-3H3,(H,16,17). The van der Waals surface area contributed by atoms with Crippen molar-refractivity contribution >= 4 is 5.97 Å². The van der Waals surface area contributed by atoms with Gasteiger partial charge in [0, 0.05) is 19.1 Å². The molecule has 0 saturated carbocycles. The second kappa shape index (κ2) is 5.12. The Morgan fingerprint density at radius 1 is 1.50 bits per heavy atom. The van der Waals surface area contributed by atoms with Crippen molar-refractivity contribution in [3.63, 3.8) is 0 Å². The van der Waals surface area contributed by atoms with Gasteiger partial charge in [0.1, 0.15) is 5.76 Å². The largest absolute Gasteiger partial charge is 0.475 e. The van der Waals surface area contributed by atoms with Gasteiger partial charge in [-0.1, -0.05) is 6.92 Å². The van der Waals surface area contributed by atoms with Gasteiger partial charge in [-0.05, 0) is 32.1 Å². The van der Waals surface area contributed by atoms with E-state index in [0.717, 1.165) is 18.8 Å². The number of hydrogen-bond donors (Lipinski definition) is 1. The van der Waals surface area contributed by atoms with Crippen molar-refractivity contribution in [1.29, 1.82) is 0 Å². The zero-order valence-electron chi connectivity index (χ0n) is 11.1. The summed E-state index contributed by atoms with van der Waals surface area (Å²) in [7, 11) is 4.19. The fraction of sp³-hybridized carbons (Fsp3) is 0.615. The van der Waals surface area contributed by atoms with Gasteiger partial charge in [-0.3, -0.25) is 4.90 Å². The summed E-state index contributed by atoms with van der Waals surface area (Å²) in [6, 6.07) is 3.82. The van der Waals surface area contributed by atoms with E-state index in [4.69, 9.17) is 9.52 Å². The summed E-state index contributed by atoms with van der Waals surface area (Å²) in [5.74, 6) is 0.344. The van der Waals surface area contributed by atoms with E-state index in [-0.39, 0.29) is 5.76 Å². The van der Waals surface area contributed by atoms with Crippen LogP contribution in [-0.4, -0.2) is 54.1 Å². The summed E-state index contributed by atoms with van der Waals surface area (Å²) in [5, 5.41) is 8.80. The zero-order chi connectivity index (χ0) is 13.3. The average molecular weight is 252 g/mol. The summed E-state index contributed by atoms with van der Waals surface area (Å²) in [6.07, 6.45) is 0. The fourth-order valence-corrected chi connectivity index (χ4v) is 2.65. The summed E-state index contributed by atoms with van der Waals surface area (Å²) in [5.41, 5.74) is 0. The van der Waals surface area contributed by atoms with Crippen LogP contribution in [0, 0.1) is 5.92 Å². The molecule has 2 rings (SSSR count). The Hall–Kier alpha value is -1.33. The monoisotopic (exact) mass is 252 g/mol. The molecule has 2 heterocycles. The maximum absolute atomic E-state index is 10.7. The Morgan fingerprint density at radius 2 is 2.22 bits per heavy atom. The lowest BCUT2D eigenvalue weighted by atomic mass is 10.1. The number of carboxylic acid groups (broad SMARTS) is 1. The van der Waals surface area contributed by atoms with E-state index in [0.29, 0.717) is 18.5 Å². The molecule has 1 aliphatic heterocycles. The normalized spacial score (nSPS) is 24.9. The molecular formula is C13H20N2O3. The number of furan rings is 1. The quantitative estimate of drug-likeness (QED) is 0.877. The summed E-state index contributed by atoms with van der Waals surface area (Å²) in [6.45, 7) is 4.95. The van der Waals surface area contributed by atoms with Crippen LogP contribution in [-0.2, 0) is 6.54 Å². The van der Waals surface area contributed by atoms with Crippen molar-refractivity contribution in [3.05, 3.63) is 23.7 Å². The number of carboxylic acids is 1. The molecule has 1 aromatic rings. The highest BCUT2D eigenvalue weighted by Gasteiger charge is 2.31. The van der Waals surface area contributed by atoms with Crippen LogP contribution in [0.1, 0.15) is 23.2 Å². The number of likely N-dealkylation sites (tertiary alicyclic amines) is 1. The van der Waals surface area contributed by atoms with E-state index < -0.39 is 5.97 Å². The molecule has 0 radical (unpaired) electrons. The molecule has 0 amide bonds. The second-order valence-electron chi connectivity index (χ2n) is 5.27. The molecule has 2 unspecified atom stereocenters. The third kappa shape index (κ3) is 2.73. The van der Waals surface area contributed by atoms with Gasteiger partial charge in [-0.25, -0.2) is 4.79 Å². The Bertz CT molecular complexity index is 428. The predicted octanol–water partition coefficient (Wildman–Crippen LogP) is 1.36. The number of rotatable bonds is 4. The van der Waals surface area contributed by atoms with Crippen molar-refractivity contribution in [3.8, 4) is 0 Å². The number of carbonyl (C=O) groups is 1. The first-order valence-electron chi connectivity index (χ1n) is 6.18. The molecule has 1 aromatic heterocycles. The lowest BCUT2D eigenvalue weighted by Crippen LogP contribution is -2.34. The van der Waals surface area contributed by atoms with Crippen LogP contribution < -0.4 is 0 Å². The summed E-state index contributed by atoms with van der Waals surface area (Å²) < 4.78 is 5.28. The van der Waals surface area contributed by atoms with Gasteiger partial charge in [0.25, 0.3) is 0 Å². The minimum absolute atomic E-state index is 0.0152. The van der Waals surface area contributed by atoms with Gasteiger partial charge in [0.2, 0.25) is 5.76 Å². The molecule has 1 N–H and O–H groups in total. The summed E-state index contributed by atoms with van der Waals surface area (Å²) >= 11 is 0. The number of likely N-dealkylation sites (N-methyl/N-ethyl adjacent to an activating group) is 1. The smallest absolute Gasteiger partial charge is 0.371 e. The van der Waals surface area contributed by atoms with E-state index in [1.165, 1.54) is 6.07 Å². The van der Waals surface area contributed by atoms with E-state index in [1.807, 2.05) is 0 Å². The van der Waals surface area contributed by atoms with E-state index in [9.17, 15) is 4.79 Å². The molecule has 0 aromatic carbocycles. The minimum atomic E-state index is -1.01. The first-order valence-corrected chi connectivity index (χ1v) is 6.18. The SMILES string of the molecule is CC1CN(Cc2ccc(C(=O)O)o2)CC1N(C)C. The van der Waals surface area contributed by atoms with E-state index in [2.05, 4.69) is 30.8 Å². The van der Waals surface area contributed by atoms with Crippen molar-refractivity contribution in [2.45, 2.75) is 19.5 Å². The highest BCUT2D eigenvalue weighted by molar-refractivity contribution is 5.84. The van der Waals surface area contributed by atoms with Crippen molar-refractivity contribution < 1.29 is 14.3 Å².